The lowest BCUT2D eigenvalue weighted by molar-refractivity contribution is -0.124. The number of ether oxygens (including phenoxy) is 1. The van der Waals surface area contributed by atoms with E-state index in [9.17, 15) is 9.59 Å². The van der Waals surface area contributed by atoms with Gasteiger partial charge in [0.15, 0.2) is 0 Å². The second-order valence-electron chi connectivity index (χ2n) is 5.36. The van der Waals surface area contributed by atoms with E-state index < -0.39 is 0 Å². The molecular formula is C19H29NO4. The molecule has 0 fully saturated rings. The number of carbonyl (C=O) groups is 1. The third kappa shape index (κ3) is 5.41. The van der Waals surface area contributed by atoms with Crippen LogP contribution < -0.4 is 15.7 Å². The first-order chi connectivity index (χ1) is 11.5. The van der Waals surface area contributed by atoms with Crippen LogP contribution in [0.3, 0.4) is 0 Å². The van der Waals surface area contributed by atoms with E-state index in [4.69, 9.17) is 9.15 Å². The van der Waals surface area contributed by atoms with Gasteiger partial charge in [0.05, 0.1) is 6.54 Å². The zero-order chi connectivity index (χ0) is 18.1. The largest absolute Gasteiger partial charge is 0.492 e. The Kier molecular flexibility index (Phi) is 8.02. The first kappa shape index (κ1) is 19.7. The zero-order valence-electron chi connectivity index (χ0n) is 15.1. The summed E-state index contributed by atoms with van der Waals surface area (Å²) in [5, 5.41) is 3.71. The van der Waals surface area contributed by atoms with E-state index in [-0.39, 0.29) is 18.9 Å². The van der Waals surface area contributed by atoms with Crippen LogP contribution in [0.25, 0.3) is 11.0 Å². The van der Waals surface area contributed by atoms with Crippen LogP contribution in [0.15, 0.2) is 33.5 Å². The molecule has 0 aliphatic carbocycles. The van der Waals surface area contributed by atoms with Crippen molar-refractivity contribution in [3.63, 3.8) is 0 Å². The molecule has 1 aromatic heterocycles. The molecule has 2 rings (SSSR count). The summed E-state index contributed by atoms with van der Waals surface area (Å²) in [6.07, 6.45) is 0.815. The number of hydrogen-bond donors (Lipinski definition) is 1. The number of hydrogen-bond acceptors (Lipinski definition) is 4. The van der Waals surface area contributed by atoms with Crippen LogP contribution in [0.4, 0.5) is 0 Å². The summed E-state index contributed by atoms with van der Waals surface area (Å²) in [6.45, 7) is 10.5. The van der Waals surface area contributed by atoms with Gasteiger partial charge in [0.25, 0.3) is 0 Å². The van der Waals surface area contributed by atoms with Gasteiger partial charge in [0.1, 0.15) is 17.9 Å². The molecule has 24 heavy (non-hydrogen) atoms. The molecular weight excluding hydrogens is 306 g/mol. The first-order valence-electron chi connectivity index (χ1n) is 8.46. The monoisotopic (exact) mass is 335 g/mol. The lowest BCUT2D eigenvalue weighted by Crippen LogP contribution is -2.32. The van der Waals surface area contributed by atoms with Crippen molar-refractivity contribution in [2.45, 2.75) is 41.0 Å². The maximum atomic E-state index is 11.6. The van der Waals surface area contributed by atoms with E-state index in [2.05, 4.69) is 5.32 Å². The fourth-order valence-corrected chi connectivity index (χ4v) is 2.10. The minimum atomic E-state index is -0.372. The third-order valence-corrected chi connectivity index (χ3v) is 3.65. The molecule has 5 nitrogen and oxygen atoms in total. The number of fused-ring (bicyclic) bond motifs is 1. The van der Waals surface area contributed by atoms with Crippen molar-refractivity contribution in [1.29, 1.82) is 0 Å². The number of nitrogens with one attached hydrogen (secondary N) is 1. The summed E-state index contributed by atoms with van der Waals surface area (Å²) < 4.78 is 10.7. The highest BCUT2D eigenvalue weighted by Crippen LogP contribution is 2.22. The summed E-state index contributed by atoms with van der Waals surface area (Å²) in [5.41, 5.74) is 1.01. The summed E-state index contributed by atoms with van der Waals surface area (Å²) in [6, 6.07) is 6.85. The third-order valence-electron chi connectivity index (χ3n) is 3.65. The molecule has 1 atom stereocenters. The Balaban J connectivity index is 0.00000185. The average Bonchev–Trinajstić information content (AvgIpc) is 2.59. The van der Waals surface area contributed by atoms with Gasteiger partial charge in [-0.3, -0.25) is 4.79 Å². The van der Waals surface area contributed by atoms with Crippen molar-refractivity contribution in [2.75, 3.05) is 13.2 Å². The standard InChI is InChI=1S/C17H21NO4.C2H6.H2/c1-4-11(2)17(20)18-7-8-21-13-5-6-14-12(3)9-16(19)22-15(14)10-13;1-2;/h5-6,9-11H,4,7-8H2,1-3H3,(H,18,20);1-2H3;1H. The van der Waals surface area contributed by atoms with Crippen LogP contribution in [-0.4, -0.2) is 19.1 Å². The maximum Gasteiger partial charge on any atom is 0.336 e. The first-order valence-corrected chi connectivity index (χ1v) is 8.46. The lowest BCUT2D eigenvalue weighted by atomic mass is 10.1. The quantitative estimate of drug-likeness (QED) is 0.642. The fourth-order valence-electron chi connectivity index (χ4n) is 2.10. The Morgan fingerprint density at radius 1 is 1.33 bits per heavy atom. The van der Waals surface area contributed by atoms with Gasteiger partial charge >= 0.3 is 5.63 Å². The Hall–Kier alpha value is -2.30. The van der Waals surface area contributed by atoms with Crippen LogP contribution in [-0.2, 0) is 4.79 Å². The molecule has 0 aliphatic heterocycles. The molecule has 0 saturated heterocycles. The minimum Gasteiger partial charge on any atom is -0.492 e. The second-order valence-corrected chi connectivity index (χ2v) is 5.36. The molecule has 0 saturated carbocycles. The second kappa shape index (κ2) is 9.75. The molecule has 0 aliphatic rings. The Morgan fingerprint density at radius 2 is 2.04 bits per heavy atom. The van der Waals surface area contributed by atoms with E-state index in [1.807, 2.05) is 46.8 Å². The minimum absolute atomic E-state index is 0. The number of carbonyl (C=O) groups excluding carboxylic acids is 1. The van der Waals surface area contributed by atoms with E-state index >= 15 is 0 Å². The molecule has 1 amide bonds. The summed E-state index contributed by atoms with van der Waals surface area (Å²) >= 11 is 0. The molecule has 5 heteroatoms. The molecule has 1 unspecified atom stereocenters. The fraction of sp³-hybridized carbons (Fsp3) is 0.474. The van der Waals surface area contributed by atoms with Crippen molar-refractivity contribution in [3.05, 3.63) is 40.2 Å². The number of amides is 1. The topological polar surface area (TPSA) is 68.5 Å². The van der Waals surface area contributed by atoms with E-state index in [1.54, 1.807) is 6.07 Å². The predicted molar refractivity (Wildman–Crippen MR) is 98.6 cm³/mol. The molecule has 0 spiro atoms. The van der Waals surface area contributed by atoms with E-state index in [1.165, 1.54) is 6.07 Å². The molecule has 2 aromatic rings. The summed E-state index contributed by atoms with van der Waals surface area (Å²) in [5.74, 6) is 0.656. The lowest BCUT2D eigenvalue weighted by Gasteiger charge is -2.11. The summed E-state index contributed by atoms with van der Waals surface area (Å²) in [7, 11) is 0. The van der Waals surface area contributed by atoms with Crippen LogP contribution in [0.5, 0.6) is 5.75 Å². The normalized spacial score (nSPS) is 11.4. The van der Waals surface area contributed by atoms with E-state index in [0.717, 1.165) is 17.4 Å². The highest BCUT2D eigenvalue weighted by Gasteiger charge is 2.09. The van der Waals surface area contributed by atoms with Crippen LogP contribution in [0.1, 0.15) is 41.1 Å². The Labute approximate surface area is 144 Å². The number of aryl methyl sites for hydroxylation is 1. The zero-order valence-corrected chi connectivity index (χ0v) is 15.1. The predicted octanol–water partition coefficient (Wildman–Crippen LogP) is 3.91. The van der Waals surface area contributed by atoms with Gasteiger partial charge in [-0.15, -0.1) is 0 Å². The Morgan fingerprint density at radius 3 is 2.71 bits per heavy atom. The van der Waals surface area contributed by atoms with Gasteiger partial charge < -0.3 is 14.5 Å². The molecule has 0 bridgehead atoms. The van der Waals surface area contributed by atoms with Gasteiger partial charge in [-0.25, -0.2) is 4.79 Å². The van der Waals surface area contributed by atoms with Crippen LogP contribution in [0, 0.1) is 12.8 Å². The highest BCUT2D eigenvalue weighted by molar-refractivity contribution is 5.81. The van der Waals surface area contributed by atoms with E-state index in [0.29, 0.717) is 24.5 Å². The molecule has 1 N–H and O–H groups in total. The highest BCUT2D eigenvalue weighted by atomic mass is 16.5. The molecule has 0 radical (unpaired) electrons. The van der Waals surface area contributed by atoms with Gasteiger partial charge in [0.2, 0.25) is 5.91 Å². The summed E-state index contributed by atoms with van der Waals surface area (Å²) in [4.78, 5) is 23.0. The number of rotatable bonds is 6. The van der Waals surface area contributed by atoms with Crippen molar-refractivity contribution < 1.29 is 15.4 Å². The van der Waals surface area contributed by atoms with Gasteiger partial charge in [-0.05, 0) is 31.0 Å². The number of benzene rings is 1. The van der Waals surface area contributed by atoms with Crippen molar-refractivity contribution in [1.82, 2.24) is 5.32 Å². The molecule has 1 heterocycles. The SMILES string of the molecule is CC.CCC(C)C(=O)NCCOc1ccc2c(C)cc(=O)oc2c1.[HH]. The average molecular weight is 335 g/mol. The maximum absolute atomic E-state index is 11.6. The van der Waals surface area contributed by atoms with Crippen molar-refractivity contribution >= 4 is 16.9 Å². The van der Waals surface area contributed by atoms with Crippen molar-refractivity contribution in [3.8, 4) is 5.75 Å². The van der Waals surface area contributed by atoms with Crippen LogP contribution in [0.2, 0.25) is 0 Å². The smallest absolute Gasteiger partial charge is 0.336 e. The Bertz CT molecular complexity index is 727. The van der Waals surface area contributed by atoms with Crippen LogP contribution >= 0.6 is 0 Å². The van der Waals surface area contributed by atoms with Gasteiger partial charge in [-0.1, -0.05) is 27.7 Å². The molecule has 1 aromatic carbocycles. The van der Waals surface area contributed by atoms with Gasteiger partial charge in [-0.2, -0.15) is 0 Å². The van der Waals surface area contributed by atoms with Crippen molar-refractivity contribution in [2.24, 2.45) is 5.92 Å². The molecule has 134 valence electrons. The van der Waals surface area contributed by atoms with Gasteiger partial charge in [0, 0.05) is 24.9 Å².